The molecule has 1 N–H and O–H groups in total. The van der Waals surface area contributed by atoms with E-state index in [1.807, 2.05) is 12.1 Å². The molecule has 1 nitrogen and oxygen atoms in total. The van der Waals surface area contributed by atoms with Crippen molar-refractivity contribution in [1.29, 1.82) is 0 Å². The predicted molar refractivity (Wildman–Crippen MR) is 92.9 cm³/mol. The number of rotatable bonds is 6. The van der Waals surface area contributed by atoms with Gasteiger partial charge in [0, 0.05) is 15.9 Å². The Kier molecular flexibility index (Phi) is 6.09. The first kappa shape index (κ1) is 16.0. The van der Waals surface area contributed by atoms with E-state index in [2.05, 4.69) is 53.3 Å². The lowest BCUT2D eigenvalue weighted by Gasteiger charge is -2.19. The molecular formula is C16H19BrClNS. The summed E-state index contributed by atoms with van der Waals surface area (Å²) in [6.45, 7) is 5.38. The summed E-state index contributed by atoms with van der Waals surface area (Å²) in [4.78, 5) is 1.36. The van der Waals surface area contributed by atoms with Crippen LogP contribution < -0.4 is 5.32 Å². The maximum absolute atomic E-state index is 6.30. The third-order valence-corrected chi connectivity index (χ3v) is 5.26. The van der Waals surface area contributed by atoms with Gasteiger partial charge in [0.1, 0.15) is 0 Å². The summed E-state index contributed by atoms with van der Waals surface area (Å²) < 4.78 is 1.19. The Labute approximate surface area is 138 Å². The SMILES string of the molecule is CCCNC(Cc1ccccc1Cl)c1cc(Br)sc1C. The Hall–Kier alpha value is -0.350. The number of hydrogen-bond acceptors (Lipinski definition) is 2. The molecular weight excluding hydrogens is 354 g/mol. The summed E-state index contributed by atoms with van der Waals surface area (Å²) in [6.07, 6.45) is 2.05. The van der Waals surface area contributed by atoms with Gasteiger partial charge in [-0.25, -0.2) is 0 Å². The molecule has 0 aliphatic carbocycles. The third kappa shape index (κ3) is 4.08. The number of nitrogens with one attached hydrogen (secondary N) is 1. The molecule has 1 unspecified atom stereocenters. The third-order valence-electron chi connectivity index (χ3n) is 3.32. The van der Waals surface area contributed by atoms with E-state index >= 15 is 0 Å². The van der Waals surface area contributed by atoms with E-state index in [1.165, 1.54) is 19.8 Å². The van der Waals surface area contributed by atoms with Gasteiger partial charge in [-0.15, -0.1) is 11.3 Å². The molecule has 0 radical (unpaired) electrons. The van der Waals surface area contributed by atoms with Crippen LogP contribution in [0.1, 0.15) is 35.4 Å². The van der Waals surface area contributed by atoms with Gasteiger partial charge >= 0.3 is 0 Å². The maximum Gasteiger partial charge on any atom is 0.0704 e. The van der Waals surface area contributed by atoms with Crippen molar-refractivity contribution in [2.75, 3.05) is 6.54 Å². The summed E-state index contributed by atoms with van der Waals surface area (Å²) >= 11 is 11.7. The first-order valence-corrected chi connectivity index (χ1v) is 8.83. The molecule has 0 bridgehead atoms. The lowest BCUT2D eigenvalue weighted by molar-refractivity contribution is 0.529. The van der Waals surface area contributed by atoms with Crippen molar-refractivity contribution in [2.45, 2.75) is 32.7 Å². The van der Waals surface area contributed by atoms with Gasteiger partial charge in [-0.1, -0.05) is 36.7 Å². The molecule has 1 heterocycles. The molecule has 20 heavy (non-hydrogen) atoms. The summed E-state index contributed by atoms with van der Waals surface area (Å²) in [6, 6.07) is 10.6. The summed E-state index contributed by atoms with van der Waals surface area (Å²) in [5.41, 5.74) is 2.57. The van der Waals surface area contributed by atoms with Crippen molar-refractivity contribution in [2.24, 2.45) is 0 Å². The van der Waals surface area contributed by atoms with E-state index in [-0.39, 0.29) is 0 Å². The predicted octanol–water partition coefficient (Wildman–Crippen LogP) is 5.76. The molecule has 108 valence electrons. The Morgan fingerprint density at radius 3 is 2.70 bits per heavy atom. The van der Waals surface area contributed by atoms with Crippen LogP contribution in [0.25, 0.3) is 0 Å². The average molecular weight is 373 g/mol. The van der Waals surface area contributed by atoms with E-state index in [0.29, 0.717) is 6.04 Å². The highest BCUT2D eigenvalue weighted by Gasteiger charge is 2.17. The van der Waals surface area contributed by atoms with Crippen LogP contribution in [0.5, 0.6) is 0 Å². The van der Waals surface area contributed by atoms with Crippen LogP contribution in [0.15, 0.2) is 34.1 Å². The molecule has 0 fully saturated rings. The molecule has 0 saturated heterocycles. The molecule has 2 aromatic rings. The Balaban J connectivity index is 2.24. The first-order valence-electron chi connectivity index (χ1n) is 6.84. The average Bonchev–Trinajstić information content (AvgIpc) is 2.75. The zero-order valence-electron chi connectivity index (χ0n) is 11.7. The monoisotopic (exact) mass is 371 g/mol. The fourth-order valence-corrected chi connectivity index (χ4v) is 4.28. The molecule has 0 saturated carbocycles. The first-order chi connectivity index (χ1) is 9.61. The second kappa shape index (κ2) is 7.60. The lowest BCUT2D eigenvalue weighted by atomic mass is 9.99. The fourth-order valence-electron chi connectivity index (χ4n) is 2.30. The van der Waals surface area contributed by atoms with E-state index in [9.17, 15) is 0 Å². The van der Waals surface area contributed by atoms with Crippen LogP contribution in [0.4, 0.5) is 0 Å². The van der Waals surface area contributed by atoms with Crippen LogP contribution in [-0.2, 0) is 6.42 Å². The van der Waals surface area contributed by atoms with Crippen LogP contribution in [0.2, 0.25) is 5.02 Å². The molecule has 0 aliphatic heterocycles. The van der Waals surface area contributed by atoms with E-state index in [4.69, 9.17) is 11.6 Å². The van der Waals surface area contributed by atoms with E-state index < -0.39 is 0 Å². The van der Waals surface area contributed by atoms with Crippen molar-refractivity contribution in [3.05, 3.63) is 55.1 Å². The number of thiophene rings is 1. The topological polar surface area (TPSA) is 12.0 Å². The van der Waals surface area contributed by atoms with Gasteiger partial charge in [0.2, 0.25) is 0 Å². The van der Waals surface area contributed by atoms with Crippen LogP contribution in [0.3, 0.4) is 0 Å². The van der Waals surface area contributed by atoms with Crippen LogP contribution in [0, 0.1) is 6.92 Å². The van der Waals surface area contributed by atoms with E-state index in [0.717, 1.165) is 24.4 Å². The second-order valence-corrected chi connectivity index (χ2v) is 7.91. The van der Waals surface area contributed by atoms with Gasteiger partial charge in [0.25, 0.3) is 0 Å². The minimum absolute atomic E-state index is 0.317. The molecule has 0 spiro atoms. The standard InChI is InChI=1S/C16H19BrClNS/c1-3-8-19-15(13-10-16(17)20-11(13)2)9-12-6-4-5-7-14(12)18/h4-7,10,15,19H,3,8-9H2,1-2H3. The van der Waals surface area contributed by atoms with Gasteiger partial charge < -0.3 is 5.32 Å². The van der Waals surface area contributed by atoms with Gasteiger partial charge in [-0.3, -0.25) is 0 Å². The highest BCUT2D eigenvalue weighted by atomic mass is 79.9. The Morgan fingerprint density at radius 2 is 2.10 bits per heavy atom. The van der Waals surface area contributed by atoms with Crippen LogP contribution in [-0.4, -0.2) is 6.54 Å². The molecule has 0 amide bonds. The summed E-state index contributed by atoms with van der Waals surface area (Å²) in [5, 5.41) is 4.49. The van der Waals surface area contributed by atoms with Gasteiger partial charge in [0.15, 0.2) is 0 Å². The lowest BCUT2D eigenvalue weighted by Crippen LogP contribution is -2.24. The zero-order chi connectivity index (χ0) is 14.5. The van der Waals surface area contributed by atoms with Gasteiger partial charge in [0.05, 0.1) is 3.79 Å². The molecule has 1 atom stereocenters. The minimum atomic E-state index is 0.317. The number of hydrogen-bond donors (Lipinski definition) is 1. The highest BCUT2D eigenvalue weighted by molar-refractivity contribution is 9.11. The Bertz CT molecular complexity index is 567. The van der Waals surface area contributed by atoms with Gasteiger partial charge in [-0.05, 0) is 65.5 Å². The Morgan fingerprint density at radius 1 is 1.35 bits per heavy atom. The van der Waals surface area contributed by atoms with Crippen molar-refractivity contribution in [3.8, 4) is 0 Å². The number of halogens is 2. The van der Waals surface area contributed by atoms with Crippen LogP contribution >= 0.6 is 38.9 Å². The quantitative estimate of drug-likeness (QED) is 0.680. The smallest absolute Gasteiger partial charge is 0.0704 e. The largest absolute Gasteiger partial charge is 0.310 e. The molecule has 1 aromatic heterocycles. The second-order valence-electron chi connectivity index (χ2n) is 4.86. The summed E-state index contributed by atoms with van der Waals surface area (Å²) in [7, 11) is 0. The van der Waals surface area contributed by atoms with Crippen molar-refractivity contribution < 1.29 is 0 Å². The van der Waals surface area contributed by atoms with Crippen molar-refractivity contribution >= 4 is 38.9 Å². The molecule has 1 aromatic carbocycles. The minimum Gasteiger partial charge on any atom is -0.310 e. The summed E-state index contributed by atoms with van der Waals surface area (Å²) in [5.74, 6) is 0. The normalized spacial score (nSPS) is 12.6. The van der Waals surface area contributed by atoms with Gasteiger partial charge in [-0.2, -0.15) is 0 Å². The zero-order valence-corrected chi connectivity index (χ0v) is 14.9. The highest BCUT2D eigenvalue weighted by Crippen LogP contribution is 2.33. The number of benzene rings is 1. The van der Waals surface area contributed by atoms with Crippen molar-refractivity contribution in [1.82, 2.24) is 5.32 Å². The molecule has 0 aliphatic rings. The number of aryl methyl sites for hydroxylation is 1. The molecule has 4 heteroatoms. The van der Waals surface area contributed by atoms with E-state index in [1.54, 1.807) is 11.3 Å². The maximum atomic E-state index is 6.30. The molecule has 2 rings (SSSR count). The van der Waals surface area contributed by atoms with Crippen molar-refractivity contribution in [3.63, 3.8) is 0 Å². The fraction of sp³-hybridized carbons (Fsp3) is 0.375.